The van der Waals surface area contributed by atoms with Crippen molar-refractivity contribution in [3.05, 3.63) is 70.6 Å². The lowest BCUT2D eigenvalue weighted by Crippen LogP contribution is -2.35. The summed E-state index contributed by atoms with van der Waals surface area (Å²) in [7, 11) is 0. The molecule has 0 fully saturated rings. The van der Waals surface area contributed by atoms with E-state index in [9.17, 15) is 4.79 Å². The van der Waals surface area contributed by atoms with Gasteiger partial charge in [0.2, 0.25) is 5.96 Å². The number of rotatable bonds is 1. The molecule has 0 aliphatic carbocycles. The first-order valence-electron chi connectivity index (χ1n) is 7.44. The molecule has 5 nitrogen and oxygen atoms in total. The summed E-state index contributed by atoms with van der Waals surface area (Å²) in [4.78, 5) is 17.7. The van der Waals surface area contributed by atoms with E-state index in [4.69, 9.17) is 10.2 Å². The average Bonchev–Trinajstić information content (AvgIpc) is 2.99. The van der Waals surface area contributed by atoms with Crippen molar-refractivity contribution in [3.63, 3.8) is 0 Å². The molecule has 0 radical (unpaired) electrons. The first kappa shape index (κ1) is 13.6. The third-order valence-corrected chi connectivity index (χ3v) is 4.01. The summed E-state index contributed by atoms with van der Waals surface area (Å²) in [6, 6.07) is 16.7. The molecule has 114 valence electrons. The van der Waals surface area contributed by atoms with E-state index >= 15 is 0 Å². The lowest BCUT2D eigenvalue weighted by atomic mass is 10.2. The summed E-state index contributed by atoms with van der Waals surface area (Å²) >= 11 is 0. The van der Waals surface area contributed by atoms with Crippen molar-refractivity contribution in [2.24, 2.45) is 10.7 Å². The van der Waals surface area contributed by atoms with Crippen LogP contribution in [0.25, 0.3) is 11.0 Å². The second-order valence-electron chi connectivity index (χ2n) is 5.48. The van der Waals surface area contributed by atoms with E-state index in [0.717, 1.165) is 29.7 Å². The van der Waals surface area contributed by atoms with Crippen molar-refractivity contribution in [1.29, 1.82) is 0 Å². The first-order valence-corrected chi connectivity index (χ1v) is 7.44. The van der Waals surface area contributed by atoms with Gasteiger partial charge < -0.3 is 15.1 Å². The predicted molar refractivity (Wildman–Crippen MR) is 91.3 cm³/mol. The smallest absolute Gasteiger partial charge is 0.336 e. The monoisotopic (exact) mass is 305 g/mol. The maximum atomic E-state index is 11.2. The summed E-state index contributed by atoms with van der Waals surface area (Å²) in [6.45, 7) is 0.830. The van der Waals surface area contributed by atoms with E-state index in [1.165, 1.54) is 11.6 Å². The molecule has 1 aromatic heterocycles. The molecule has 0 spiro atoms. The lowest BCUT2D eigenvalue weighted by Gasteiger charge is -2.18. The van der Waals surface area contributed by atoms with Crippen LogP contribution >= 0.6 is 0 Å². The van der Waals surface area contributed by atoms with Gasteiger partial charge in [-0.2, -0.15) is 0 Å². The maximum Gasteiger partial charge on any atom is 0.336 e. The Hall–Kier alpha value is -3.08. The van der Waals surface area contributed by atoms with Gasteiger partial charge in [0.25, 0.3) is 0 Å². The van der Waals surface area contributed by atoms with E-state index in [-0.39, 0.29) is 5.63 Å². The highest BCUT2D eigenvalue weighted by Gasteiger charge is 2.20. The normalized spacial score (nSPS) is 14.3. The van der Waals surface area contributed by atoms with E-state index in [0.29, 0.717) is 11.5 Å². The van der Waals surface area contributed by atoms with Crippen LogP contribution in [0.1, 0.15) is 5.56 Å². The van der Waals surface area contributed by atoms with Gasteiger partial charge >= 0.3 is 5.63 Å². The first-order chi connectivity index (χ1) is 11.2. The molecule has 2 N–H and O–H groups in total. The molecule has 3 aromatic rings. The van der Waals surface area contributed by atoms with Crippen molar-refractivity contribution in [2.45, 2.75) is 6.42 Å². The van der Waals surface area contributed by atoms with Crippen LogP contribution in [0.3, 0.4) is 0 Å². The summed E-state index contributed by atoms with van der Waals surface area (Å²) in [5.41, 5.74) is 9.51. The summed E-state index contributed by atoms with van der Waals surface area (Å²) in [5, 5.41) is 0.820. The molecule has 1 aliphatic rings. The number of para-hydroxylation sites is 1. The van der Waals surface area contributed by atoms with Crippen LogP contribution in [0.15, 0.2) is 68.8 Å². The van der Waals surface area contributed by atoms with Gasteiger partial charge in [0.1, 0.15) is 5.58 Å². The Bertz CT molecular complexity index is 975. The molecule has 0 unspecified atom stereocenters. The molecule has 0 saturated heterocycles. The Morgan fingerprint density at radius 1 is 1.13 bits per heavy atom. The molecule has 5 heteroatoms. The summed E-state index contributed by atoms with van der Waals surface area (Å²) < 4.78 is 5.12. The van der Waals surface area contributed by atoms with Crippen LogP contribution in [-0.2, 0) is 6.42 Å². The zero-order chi connectivity index (χ0) is 15.8. The van der Waals surface area contributed by atoms with Gasteiger partial charge in [-0.1, -0.05) is 18.2 Å². The average molecular weight is 305 g/mol. The number of fused-ring (bicyclic) bond motifs is 2. The Balaban J connectivity index is 1.70. The van der Waals surface area contributed by atoms with Gasteiger partial charge in [0.05, 0.1) is 5.69 Å². The van der Waals surface area contributed by atoms with Crippen molar-refractivity contribution < 1.29 is 4.42 Å². The largest absolute Gasteiger partial charge is 0.423 e. The minimum Gasteiger partial charge on any atom is -0.423 e. The Labute approximate surface area is 132 Å². The second-order valence-corrected chi connectivity index (χ2v) is 5.48. The van der Waals surface area contributed by atoms with Gasteiger partial charge in [0.15, 0.2) is 0 Å². The van der Waals surface area contributed by atoms with Crippen LogP contribution in [0, 0.1) is 0 Å². The van der Waals surface area contributed by atoms with Crippen LogP contribution < -0.4 is 16.3 Å². The minimum absolute atomic E-state index is 0.359. The highest BCUT2D eigenvalue weighted by Crippen LogP contribution is 2.28. The number of hydrogen-bond donors (Lipinski definition) is 1. The Morgan fingerprint density at radius 3 is 2.91 bits per heavy atom. The molecule has 2 heterocycles. The van der Waals surface area contributed by atoms with Crippen molar-refractivity contribution in [3.8, 4) is 0 Å². The number of hydrogen-bond acceptors (Lipinski definition) is 3. The molecular weight excluding hydrogens is 290 g/mol. The number of anilines is 1. The molecular formula is C18H15N3O2. The van der Waals surface area contributed by atoms with Crippen LogP contribution in [0.4, 0.5) is 11.4 Å². The number of nitrogens with two attached hydrogens (primary N) is 1. The summed E-state index contributed by atoms with van der Waals surface area (Å²) in [5.74, 6) is 0.465. The van der Waals surface area contributed by atoms with Gasteiger partial charge in [0, 0.05) is 23.7 Å². The van der Waals surface area contributed by atoms with Gasteiger partial charge in [-0.15, -0.1) is 0 Å². The quantitative estimate of drug-likeness (QED) is 0.426. The predicted octanol–water partition coefficient (Wildman–Crippen LogP) is 2.80. The molecule has 4 rings (SSSR count). The van der Waals surface area contributed by atoms with Gasteiger partial charge in [-0.3, -0.25) is 0 Å². The van der Waals surface area contributed by atoms with E-state index in [1.54, 1.807) is 18.2 Å². The van der Waals surface area contributed by atoms with Crippen molar-refractivity contribution in [2.75, 3.05) is 11.4 Å². The van der Waals surface area contributed by atoms with Crippen molar-refractivity contribution in [1.82, 2.24) is 0 Å². The van der Waals surface area contributed by atoms with E-state index in [2.05, 4.69) is 17.1 Å². The van der Waals surface area contributed by atoms with E-state index < -0.39 is 0 Å². The molecule has 1 aliphatic heterocycles. The Morgan fingerprint density at radius 2 is 2.00 bits per heavy atom. The van der Waals surface area contributed by atoms with Gasteiger partial charge in [-0.25, -0.2) is 9.79 Å². The standard InChI is InChI=1S/C18H15N3O2/c19-18(21-10-9-12-3-1-2-4-15(12)21)20-14-6-7-16-13(11-14)5-8-17(22)23-16/h1-8,11H,9-10H2,(H2,19,20). The molecule has 2 aromatic carbocycles. The number of guanidine groups is 1. The number of aliphatic imine (C=N–C) groups is 1. The third kappa shape index (κ3) is 2.46. The van der Waals surface area contributed by atoms with Crippen LogP contribution in [0.5, 0.6) is 0 Å². The molecule has 23 heavy (non-hydrogen) atoms. The van der Waals surface area contributed by atoms with Crippen LogP contribution in [0.2, 0.25) is 0 Å². The maximum absolute atomic E-state index is 11.2. The third-order valence-electron chi connectivity index (χ3n) is 4.01. The highest BCUT2D eigenvalue weighted by molar-refractivity contribution is 5.98. The van der Waals surface area contributed by atoms with Crippen LogP contribution in [-0.4, -0.2) is 12.5 Å². The minimum atomic E-state index is -0.359. The summed E-state index contributed by atoms with van der Waals surface area (Å²) in [6.07, 6.45) is 0.968. The fourth-order valence-electron chi connectivity index (χ4n) is 2.90. The highest BCUT2D eigenvalue weighted by atomic mass is 16.4. The number of nitrogens with zero attached hydrogens (tertiary/aromatic N) is 2. The zero-order valence-electron chi connectivity index (χ0n) is 12.4. The fourth-order valence-corrected chi connectivity index (χ4v) is 2.90. The second kappa shape index (κ2) is 5.28. The van der Waals surface area contributed by atoms with Crippen molar-refractivity contribution >= 4 is 28.3 Å². The fraction of sp³-hybridized carbons (Fsp3) is 0.111. The van der Waals surface area contributed by atoms with E-state index in [1.807, 2.05) is 23.1 Å². The molecule has 0 saturated carbocycles. The lowest BCUT2D eigenvalue weighted by molar-refractivity contribution is 0.561. The molecule has 0 bridgehead atoms. The molecule has 0 atom stereocenters. The number of benzene rings is 2. The Kier molecular flexibility index (Phi) is 3.12. The van der Waals surface area contributed by atoms with Gasteiger partial charge in [-0.05, 0) is 42.3 Å². The topological polar surface area (TPSA) is 71.8 Å². The SMILES string of the molecule is NC(=Nc1ccc2oc(=O)ccc2c1)N1CCc2ccccc21. The molecule has 0 amide bonds. The zero-order valence-corrected chi connectivity index (χ0v) is 12.4.